The van der Waals surface area contributed by atoms with E-state index in [0.717, 1.165) is 6.92 Å². The summed E-state index contributed by atoms with van der Waals surface area (Å²) in [5.74, 6) is -1.59. The van der Waals surface area contributed by atoms with Gasteiger partial charge in [0.2, 0.25) is 0 Å². The second-order valence-electron chi connectivity index (χ2n) is 1.36. The van der Waals surface area contributed by atoms with Crippen LogP contribution in [0.15, 0.2) is 0 Å². The number of halogens is 1. The Morgan fingerprint density at radius 1 is 1.36 bits per heavy atom. The predicted octanol–water partition coefficient (Wildman–Crippen LogP) is 0.110. The molecular weight excluding hydrogens is 179 g/mol. The number of hydrogen-bond donors (Lipinski definition) is 0. The van der Waals surface area contributed by atoms with E-state index < -0.39 is 18.5 Å². The molecule has 0 aliphatic carbocycles. The summed E-state index contributed by atoms with van der Waals surface area (Å²) < 4.78 is 3.46. The highest BCUT2D eigenvalue weighted by Crippen LogP contribution is 1.87. The van der Waals surface area contributed by atoms with Gasteiger partial charge >= 0.3 is 11.9 Å². The van der Waals surface area contributed by atoms with Gasteiger partial charge in [-0.05, 0) is 0 Å². The van der Waals surface area contributed by atoms with E-state index in [1.165, 1.54) is 0 Å². The molecule has 0 amide bonds. The lowest BCUT2D eigenvalue weighted by atomic mass is 10.8. The van der Waals surface area contributed by atoms with Crippen LogP contribution in [-0.2, 0) is 28.7 Å². The smallest absolute Gasteiger partial charge is 0.298 e. The second-order valence-corrected chi connectivity index (χ2v) is 1.48. The molecule has 0 unspecified atom stereocenters. The summed E-state index contributed by atoms with van der Waals surface area (Å²) in [6.45, 7) is 0.537. The molecule has 0 aromatic carbocycles. The Kier molecular flexibility index (Phi) is 5.44. The first kappa shape index (κ1) is 10.2. The zero-order valence-electron chi connectivity index (χ0n) is 5.53. The Morgan fingerprint density at radius 2 is 2.00 bits per heavy atom. The average Bonchev–Trinajstić information content (AvgIpc) is 1.87. The molecule has 0 rings (SSSR count). The van der Waals surface area contributed by atoms with Gasteiger partial charge in [0, 0.05) is 6.92 Å². The van der Waals surface area contributed by atoms with Gasteiger partial charge in [-0.1, -0.05) is 4.44 Å². The minimum atomic E-state index is -0.916. The number of carbonyl (C=O) groups excluding carboxylic acids is 2. The maximum Gasteiger partial charge on any atom is 0.374 e. The molecule has 0 N–H and O–H groups in total. The molecular formula is C4H5ClO6. The van der Waals surface area contributed by atoms with E-state index in [0.29, 0.717) is 0 Å². The van der Waals surface area contributed by atoms with Crippen LogP contribution in [0.5, 0.6) is 0 Å². The van der Waals surface area contributed by atoms with Crippen molar-refractivity contribution >= 4 is 23.8 Å². The minimum Gasteiger partial charge on any atom is -0.298 e. The predicted molar refractivity (Wildman–Crippen MR) is 30.7 cm³/mol. The highest BCUT2D eigenvalue weighted by molar-refractivity contribution is 6.07. The van der Waals surface area contributed by atoms with Crippen molar-refractivity contribution in [3.8, 4) is 0 Å². The van der Waals surface area contributed by atoms with Crippen molar-refractivity contribution in [2.45, 2.75) is 6.92 Å². The van der Waals surface area contributed by atoms with Crippen LogP contribution in [0.4, 0.5) is 0 Å². The largest absolute Gasteiger partial charge is 0.374 e. The molecule has 0 aromatic heterocycles. The van der Waals surface area contributed by atoms with E-state index in [1.54, 1.807) is 0 Å². The molecule has 6 nitrogen and oxygen atoms in total. The summed E-state index contributed by atoms with van der Waals surface area (Å²) in [4.78, 5) is 32.0. The lowest BCUT2D eigenvalue weighted by Crippen LogP contribution is -2.12. The van der Waals surface area contributed by atoms with E-state index in [9.17, 15) is 9.59 Å². The maximum absolute atomic E-state index is 10.3. The molecule has 7 heteroatoms. The van der Waals surface area contributed by atoms with E-state index in [-0.39, 0.29) is 0 Å². The van der Waals surface area contributed by atoms with Crippen molar-refractivity contribution in [1.29, 1.82) is 0 Å². The van der Waals surface area contributed by atoms with Gasteiger partial charge in [-0.25, -0.2) is 9.59 Å². The summed E-state index contributed by atoms with van der Waals surface area (Å²) >= 11 is 4.53. The van der Waals surface area contributed by atoms with Crippen LogP contribution in [0.2, 0.25) is 0 Å². The molecule has 0 aliphatic heterocycles. The van der Waals surface area contributed by atoms with Gasteiger partial charge < -0.3 is 0 Å². The zero-order chi connectivity index (χ0) is 8.69. The van der Waals surface area contributed by atoms with Gasteiger partial charge in [-0.2, -0.15) is 4.89 Å². The van der Waals surface area contributed by atoms with Gasteiger partial charge in [-0.15, -0.1) is 0 Å². The van der Waals surface area contributed by atoms with Crippen LogP contribution in [-0.4, -0.2) is 18.5 Å². The van der Waals surface area contributed by atoms with Crippen LogP contribution in [0.3, 0.4) is 0 Å². The average molecular weight is 185 g/mol. The Balaban J connectivity index is 3.24. The van der Waals surface area contributed by atoms with Crippen LogP contribution < -0.4 is 0 Å². The fourth-order valence-corrected chi connectivity index (χ4v) is 0.290. The molecule has 0 atom stereocenters. The second kappa shape index (κ2) is 5.90. The van der Waals surface area contributed by atoms with Crippen molar-refractivity contribution in [2.75, 3.05) is 6.61 Å². The van der Waals surface area contributed by atoms with Crippen molar-refractivity contribution in [3.63, 3.8) is 0 Å². The molecule has 0 heterocycles. The van der Waals surface area contributed by atoms with Crippen LogP contribution in [0.25, 0.3) is 0 Å². The third kappa shape index (κ3) is 7.04. The van der Waals surface area contributed by atoms with Crippen molar-refractivity contribution in [3.05, 3.63) is 0 Å². The minimum absolute atomic E-state index is 0.577. The fourth-order valence-electron chi connectivity index (χ4n) is 0.220. The molecule has 0 spiro atoms. The van der Waals surface area contributed by atoms with E-state index in [1.807, 2.05) is 0 Å². The standard InChI is InChI=1S/C4H5ClO6/c1-3(6)9-8-2-4(7)10-11-5/h2H2,1H3. The number of hydrogen-bond acceptors (Lipinski definition) is 6. The van der Waals surface area contributed by atoms with E-state index in [4.69, 9.17) is 0 Å². The Labute approximate surface area is 66.9 Å². The van der Waals surface area contributed by atoms with E-state index in [2.05, 4.69) is 31.0 Å². The SMILES string of the molecule is CC(=O)OOCC(=O)OOCl. The van der Waals surface area contributed by atoms with Crippen LogP contribution in [0, 0.1) is 0 Å². The van der Waals surface area contributed by atoms with Gasteiger partial charge in [0.25, 0.3) is 0 Å². The highest BCUT2D eigenvalue weighted by Gasteiger charge is 2.05. The maximum atomic E-state index is 10.3. The molecule has 0 fully saturated rings. The summed E-state index contributed by atoms with van der Waals surface area (Å²) in [5.41, 5.74) is 0. The molecule has 0 saturated carbocycles. The number of rotatable bonds is 4. The third-order valence-corrected chi connectivity index (χ3v) is 0.540. The number of carbonyl (C=O) groups is 2. The Bertz CT molecular complexity index is 146. The summed E-state index contributed by atoms with van der Waals surface area (Å²) in [6.07, 6.45) is 0. The molecule has 0 aliphatic rings. The topological polar surface area (TPSA) is 71.1 Å². The van der Waals surface area contributed by atoms with Crippen LogP contribution >= 0.6 is 11.9 Å². The lowest BCUT2D eigenvalue weighted by molar-refractivity contribution is -0.280. The molecule has 0 radical (unpaired) electrons. The summed E-state index contributed by atoms with van der Waals surface area (Å²) in [7, 11) is 0. The molecule has 0 saturated heterocycles. The first-order valence-corrected chi connectivity index (χ1v) is 2.75. The molecule has 0 aromatic rings. The monoisotopic (exact) mass is 184 g/mol. The lowest BCUT2D eigenvalue weighted by Gasteiger charge is -1.97. The molecule has 11 heavy (non-hydrogen) atoms. The van der Waals surface area contributed by atoms with Gasteiger partial charge in [0.1, 0.15) is 11.9 Å². The summed E-state index contributed by atoms with van der Waals surface area (Å²) in [6, 6.07) is 0. The van der Waals surface area contributed by atoms with Gasteiger partial charge in [0.05, 0.1) is 0 Å². The van der Waals surface area contributed by atoms with Crippen LogP contribution in [0.1, 0.15) is 6.92 Å². The quantitative estimate of drug-likeness (QED) is 0.456. The van der Waals surface area contributed by atoms with Gasteiger partial charge in [-0.3, -0.25) is 9.78 Å². The summed E-state index contributed by atoms with van der Waals surface area (Å²) in [5, 5.41) is 0. The fraction of sp³-hybridized carbons (Fsp3) is 0.500. The first-order chi connectivity index (χ1) is 5.16. The first-order valence-electron chi connectivity index (χ1n) is 2.45. The van der Waals surface area contributed by atoms with Crippen molar-refractivity contribution in [1.82, 2.24) is 0 Å². The Morgan fingerprint density at radius 3 is 2.45 bits per heavy atom. The van der Waals surface area contributed by atoms with Crippen molar-refractivity contribution in [2.24, 2.45) is 0 Å². The molecule has 64 valence electrons. The van der Waals surface area contributed by atoms with Crippen molar-refractivity contribution < 1.29 is 28.7 Å². The Hall–Kier alpha value is -0.850. The third-order valence-electron chi connectivity index (χ3n) is 0.477. The van der Waals surface area contributed by atoms with Gasteiger partial charge in [0.15, 0.2) is 6.61 Å². The highest BCUT2D eigenvalue weighted by atomic mass is 35.5. The zero-order valence-corrected chi connectivity index (χ0v) is 6.29. The molecule has 0 bridgehead atoms. The van der Waals surface area contributed by atoms with E-state index >= 15 is 0 Å². The normalized spacial score (nSPS) is 8.91.